The van der Waals surface area contributed by atoms with Gasteiger partial charge in [0, 0.05) is 19.2 Å². The van der Waals surface area contributed by atoms with Crippen LogP contribution in [0.2, 0.25) is 0 Å². The van der Waals surface area contributed by atoms with Crippen LogP contribution in [0, 0.1) is 12.8 Å². The maximum absolute atomic E-state index is 12.0. The summed E-state index contributed by atoms with van der Waals surface area (Å²) in [6.45, 7) is 6.54. The Hall–Kier alpha value is -0.770. The van der Waals surface area contributed by atoms with Gasteiger partial charge in [0.05, 0.1) is 11.1 Å². The van der Waals surface area contributed by atoms with Crippen molar-refractivity contribution < 1.29 is 9.21 Å². The molecule has 4 heteroatoms. The van der Waals surface area contributed by atoms with Gasteiger partial charge in [0.1, 0.15) is 5.76 Å². The number of rotatable bonds is 4. The molecule has 0 bridgehead atoms. The van der Waals surface area contributed by atoms with Crippen molar-refractivity contribution in [1.82, 2.24) is 4.90 Å². The molecule has 0 saturated heterocycles. The Bertz CT molecular complexity index is 360. The lowest BCUT2D eigenvalue weighted by Crippen LogP contribution is -2.35. The molecule has 1 aromatic rings. The topological polar surface area (TPSA) is 33.5 Å². The monoisotopic (exact) mass is 287 g/mol. The minimum absolute atomic E-state index is 0.107. The normalized spacial score (nSPS) is 12.9. The van der Waals surface area contributed by atoms with Gasteiger partial charge in [-0.15, -0.1) is 0 Å². The Balaban J connectivity index is 2.62. The van der Waals surface area contributed by atoms with Crippen molar-refractivity contribution in [3.8, 4) is 0 Å². The second kappa shape index (κ2) is 5.53. The number of carbonyl (C=O) groups excluding carboxylic acids is 1. The highest BCUT2D eigenvalue weighted by Gasteiger charge is 2.22. The van der Waals surface area contributed by atoms with E-state index >= 15 is 0 Å². The molecule has 1 unspecified atom stereocenters. The summed E-state index contributed by atoms with van der Waals surface area (Å²) < 4.78 is 5.20. The second-order valence-corrected chi connectivity index (χ2v) is 5.33. The van der Waals surface area contributed by atoms with Crippen molar-refractivity contribution in [2.45, 2.75) is 32.1 Å². The fraction of sp³-hybridized carbons (Fsp3) is 0.583. The minimum atomic E-state index is -0.121. The van der Waals surface area contributed by atoms with Gasteiger partial charge in [0.15, 0.2) is 0 Å². The van der Waals surface area contributed by atoms with Gasteiger partial charge in [0.2, 0.25) is 5.91 Å². The van der Waals surface area contributed by atoms with Crippen LogP contribution in [0.5, 0.6) is 0 Å². The highest BCUT2D eigenvalue weighted by Crippen LogP contribution is 2.17. The lowest BCUT2D eigenvalue weighted by atomic mass is 10.1. The zero-order chi connectivity index (χ0) is 12.3. The van der Waals surface area contributed by atoms with Gasteiger partial charge in [-0.05, 0) is 18.9 Å². The number of hydrogen-bond donors (Lipinski definition) is 0. The van der Waals surface area contributed by atoms with Crippen LogP contribution in [0.25, 0.3) is 0 Å². The van der Waals surface area contributed by atoms with Crippen molar-refractivity contribution in [3.63, 3.8) is 0 Å². The molecular formula is C12H18BrNO2. The Morgan fingerprint density at radius 2 is 2.19 bits per heavy atom. The van der Waals surface area contributed by atoms with E-state index < -0.39 is 0 Å². The average Bonchev–Trinajstić information content (AvgIpc) is 2.62. The first-order chi connectivity index (χ1) is 7.43. The van der Waals surface area contributed by atoms with E-state index in [0.717, 1.165) is 11.3 Å². The van der Waals surface area contributed by atoms with E-state index in [1.165, 1.54) is 0 Å². The molecule has 1 heterocycles. The number of carbonyl (C=O) groups is 1. The molecule has 3 nitrogen and oxygen atoms in total. The van der Waals surface area contributed by atoms with Crippen LogP contribution in [0.3, 0.4) is 0 Å². The SMILES string of the molecule is Cc1occc1CN(C)C(=O)C(Br)C(C)C. The zero-order valence-corrected chi connectivity index (χ0v) is 11.7. The van der Waals surface area contributed by atoms with Gasteiger partial charge in [-0.1, -0.05) is 29.8 Å². The number of nitrogens with zero attached hydrogens (tertiary/aromatic N) is 1. The van der Waals surface area contributed by atoms with Gasteiger partial charge in [0.25, 0.3) is 0 Å². The molecule has 90 valence electrons. The summed E-state index contributed by atoms with van der Waals surface area (Å²) in [6.07, 6.45) is 1.65. The van der Waals surface area contributed by atoms with Crippen molar-refractivity contribution in [1.29, 1.82) is 0 Å². The van der Waals surface area contributed by atoms with E-state index in [4.69, 9.17) is 4.42 Å². The number of furan rings is 1. The first-order valence-corrected chi connectivity index (χ1v) is 6.27. The summed E-state index contributed by atoms with van der Waals surface area (Å²) >= 11 is 3.42. The fourth-order valence-electron chi connectivity index (χ4n) is 1.40. The Kier molecular flexibility index (Phi) is 4.59. The molecule has 0 aliphatic rings. The molecule has 1 aromatic heterocycles. The third-order valence-corrected chi connectivity index (χ3v) is 4.02. The molecule has 0 N–H and O–H groups in total. The lowest BCUT2D eigenvalue weighted by Gasteiger charge is -2.22. The fourth-order valence-corrected chi connectivity index (χ4v) is 1.75. The molecule has 0 aliphatic carbocycles. The summed E-state index contributed by atoms with van der Waals surface area (Å²) in [5, 5.41) is 0. The van der Waals surface area contributed by atoms with Crippen LogP contribution in [0.4, 0.5) is 0 Å². The molecule has 0 aliphatic heterocycles. The molecule has 0 aromatic carbocycles. The Morgan fingerprint density at radius 3 is 2.62 bits per heavy atom. The van der Waals surface area contributed by atoms with Crippen LogP contribution >= 0.6 is 15.9 Å². The van der Waals surface area contributed by atoms with Crippen LogP contribution < -0.4 is 0 Å². The first kappa shape index (κ1) is 13.3. The Labute approximate surface area is 105 Å². The summed E-state index contributed by atoms with van der Waals surface area (Å²) in [6, 6.07) is 1.90. The zero-order valence-electron chi connectivity index (χ0n) is 10.2. The lowest BCUT2D eigenvalue weighted by molar-refractivity contribution is -0.130. The number of halogens is 1. The van der Waals surface area contributed by atoms with E-state index in [1.54, 1.807) is 11.2 Å². The smallest absolute Gasteiger partial charge is 0.236 e. The van der Waals surface area contributed by atoms with Crippen molar-refractivity contribution in [2.75, 3.05) is 7.05 Å². The van der Waals surface area contributed by atoms with Crippen LogP contribution in [0.1, 0.15) is 25.2 Å². The summed E-state index contributed by atoms with van der Waals surface area (Å²) in [5.74, 6) is 1.27. The van der Waals surface area contributed by atoms with Gasteiger partial charge in [-0.25, -0.2) is 0 Å². The van der Waals surface area contributed by atoms with Crippen molar-refractivity contribution in [3.05, 3.63) is 23.7 Å². The van der Waals surface area contributed by atoms with E-state index in [1.807, 2.05) is 33.9 Å². The summed E-state index contributed by atoms with van der Waals surface area (Å²) in [5.41, 5.74) is 1.05. The number of alkyl halides is 1. The third-order valence-electron chi connectivity index (χ3n) is 2.57. The van der Waals surface area contributed by atoms with Crippen molar-refractivity contribution >= 4 is 21.8 Å². The van der Waals surface area contributed by atoms with Crippen LogP contribution in [0.15, 0.2) is 16.7 Å². The molecule has 1 atom stereocenters. The molecule has 0 saturated carbocycles. The molecule has 0 fully saturated rings. The summed E-state index contributed by atoms with van der Waals surface area (Å²) in [7, 11) is 1.81. The number of aryl methyl sites for hydroxylation is 1. The van der Waals surface area contributed by atoms with E-state index in [-0.39, 0.29) is 10.7 Å². The number of hydrogen-bond acceptors (Lipinski definition) is 2. The summed E-state index contributed by atoms with van der Waals surface area (Å²) in [4.78, 5) is 13.6. The molecule has 1 amide bonds. The predicted molar refractivity (Wildman–Crippen MR) is 67.5 cm³/mol. The first-order valence-electron chi connectivity index (χ1n) is 5.35. The van der Waals surface area contributed by atoms with E-state index in [0.29, 0.717) is 12.5 Å². The highest BCUT2D eigenvalue weighted by molar-refractivity contribution is 9.10. The molecule has 0 spiro atoms. The van der Waals surface area contributed by atoms with Gasteiger partial charge >= 0.3 is 0 Å². The maximum Gasteiger partial charge on any atom is 0.236 e. The predicted octanol–water partition coefficient (Wildman–Crippen LogP) is 2.97. The second-order valence-electron chi connectivity index (χ2n) is 4.34. The maximum atomic E-state index is 12.0. The molecule has 1 rings (SSSR count). The van der Waals surface area contributed by atoms with E-state index in [2.05, 4.69) is 15.9 Å². The third kappa shape index (κ3) is 3.11. The van der Waals surface area contributed by atoms with Gasteiger partial charge in [-0.3, -0.25) is 4.79 Å². The van der Waals surface area contributed by atoms with Gasteiger partial charge < -0.3 is 9.32 Å². The molecular weight excluding hydrogens is 270 g/mol. The largest absolute Gasteiger partial charge is 0.469 e. The molecule has 0 radical (unpaired) electrons. The Morgan fingerprint density at radius 1 is 1.56 bits per heavy atom. The quantitative estimate of drug-likeness (QED) is 0.798. The van der Waals surface area contributed by atoms with E-state index in [9.17, 15) is 4.79 Å². The molecule has 16 heavy (non-hydrogen) atoms. The highest BCUT2D eigenvalue weighted by atomic mass is 79.9. The van der Waals surface area contributed by atoms with Crippen LogP contribution in [-0.4, -0.2) is 22.7 Å². The van der Waals surface area contributed by atoms with Crippen LogP contribution in [-0.2, 0) is 11.3 Å². The van der Waals surface area contributed by atoms with Gasteiger partial charge in [-0.2, -0.15) is 0 Å². The average molecular weight is 288 g/mol. The van der Waals surface area contributed by atoms with Crippen molar-refractivity contribution in [2.24, 2.45) is 5.92 Å². The minimum Gasteiger partial charge on any atom is -0.469 e. The standard InChI is InChI=1S/C12H18BrNO2/c1-8(2)11(13)12(15)14(4)7-10-5-6-16-9(10)3/h5-6,8,11H,7H2,1-4H3. The number of amides is 1.